The summed E-state index contributed by atoms with van der Waals surface area (Å²) >= 11 is 2.27. The van der Waals surface area contributed by atoms with E-state index in [2.05, 4.69) is 22.6 Å². The number of hydrogen-bond donors (Lipinski definition) is 1. The molecule has 10 nitrogen and oxygen atoms in total. The molecule has 8 rings (SSSR count). The van der Waals surface area contributed by atoms with Gasteiger partial charge in [-0.15, -0.1) is 0 Å². The summed E-state index contributed by atoms with van der Waals surface area (Å²) in [6, 6.07) is 59.9. The van der Waals surface area contributed by atoms with Gasteiger partial charge in [0.25, 0.3) is 0 Å². The first-order valence-corrected chi connectivity index (χ1v) is 23.7. The number of benzene rings is 6. The molecule has 0 unspecified atom stereocenters. The van der Waals surface area contributed by atoms with E-state index in [1.807, 2.05) is 182 Å². The van der Waals surface area contributed by atoms with Crippen molar-refractivity contribution in [3.8, 4) is 0 Å². The van der Waals surface area contributed by atoms with E-state index in [1.165, 1.54) is 0 Å². The second-order valence-electron chi connectivity index (χ2n) is 16.2. The zero-order chi connectivity index (χ0) is 44.5. The maximum absolute atomic E-state index is 11.6. The fourth-order valence-electron chi connectivity index (χ4n) is 8.10. The predicted octanol–water partition coefficient (Wildman–Crippen LogP) is 9.39. The molecule has 65 heavy (non-hydrogen) atoms. The Hall–Kier alpha value is -4.35. The lowest BCUT2D eigenvalue weighted by Crippen LogP contribution is -2.66. The molecule has 0 spiro atoms. The van der Waals surface area contributed by atoms with Gasteiger partial charge in [-0.2, -0.15) is 0 Å². The first-order valence-electron chi connectivity index (χ1n) is 22.2. The Kier molecular flexibility index (Phi) is 18.1. The zero-order valence-electron chi connectivity index (χ0n) is 36.3. The summed E-state index contributed by atoms with van der Waals surface area (Å²) in [6.45, 7) is 1.81. The van der Waals surface area contributed by atoms with E-state index in [1.54, 1.807) is 0 Å². The third kappa shape index (κ3) is 13.6. The summed E-state index contributed by atoms with van der Waals surface area (Å²) in [5.41, 5.74) is 5.89. The Bertz CT molecular complexity index is 2210. The van der Waals surface area contributed by atoms with Gasteiger partial charge in [0.15, 0.2) is 12.6 Å². The first-order chi connectivity index (χ1) is 32.1. The van der Waals surface area contributed by atoms with Gasteiger partial charge in [0.05, 0.1) is 52.4 Å². The third-order valence-electron chi connectivity index (χ3n) is 11.5. The van der Waals surface area contributed by atoms with Crippen LogP contribution in [0.5, 0.6) is 0 Å². The lowest BCUT2D eigenvalue weighted by atomic mass is 9.96. The minimum Gasteiger partial charge on any atom is -0.374 e. The van der Waals surface area contributed by atoms with Crippen LogP contribution in [-0.2, 0) is 82.3 Å². The van der Waals surface area contributed by atoms with Gasteiger partial charge in [-0.3, -0.25) is 0 Å². The molecule has 1 N–H and O–H groups in total. The highest BCUT2D eigenvalue weighted by Crippen LogP contribution is 2.36. The van der Waals surface area contributed by atoms with Crippen LogP contribution in [0.1, 0.15) is 33.4 Å². The van der Waals surface area contributed by atoms with E-state index in [-0.39, 0.29) is 33.0 Å². The standard InChI is InChI=1S/C54H57IO10/c55-31-45-48(50(60-35-42-25-13-4-14-26-42)51(53(56)63-45)61-36-43-27-15-5-16-28-43)65-54-52(62-37-44-29-17-6-18-30-44)49(59-34-41-23-11-3-12-24-41)47(58-33-40-21-9-2-10-22-40)46(64-54)38-57-32-39-19-7-1-8-20-39/h1-30,45-54,56H,31-38H2/t45-,46-,47+,48-,49+,50+,51-,52-,53+,54-/m1/s1. The van der Waals surface area contributed by atoms with Crippen LogP contribution in [0, 0.1) is 0 Å². The van der Waals surface area contributed by atoms with E-state index >= 15 is 0 Å². The van der Waals surface area contributed by atoms with Gasteiger partial charge in [0, 0.05) is 4.43 Å². The van der Waals surface area contributed by atoms with E-state index in [0.717, 1.165) is 33.4 Å². The second-order valence-corrected chi connectivity index (χ2v) is 17.1. The summed E-state index contributed by atoms with van der Waals surface area (Å²) < 4.78 is 61.8. The van der Waals surface area contributed by atoms with E-state index in [4.69, 9.17) is 42.6 Å². The average Bonchev–Trinajstić information content (AvgIpc) is 3.36. The number of halogens is 1. The Morgan fingerprint density at radius 3 is 1.11 bits per heavy atom. The molecule has 0 amide bonds. The monoisotopic (exact) mass is 992 g/mol. The first kappa shape index (κ1) is 47.2. The van der Waals surface area contributed by atoms with Crippen molar-refractivity contribution in [2.45, 2.75) is 101 Å². The van der Waals surface area contributed by atoms with Gasteiger partial charge in [-0.1, -0.05) is 205 Å². The molecule has 340 valence electrons. The molecule has 2 saturated heterocycles. The fourth-order valence-corrected chi connectivity index (χ4v) is 8.80. The summed E-state index contributed by atoms with van der Waals surface area (Å²) in [5, 5.41) is 11.6. The van der Waals surface area contributed by atoms with E-state index in [9.17, 15) is 5.11 Å². The van der Waals surface area contributed by atoms with Gasteiger partial charge < -0.3 is 47.7 Å². The third-order valence-corrected chi connectivity index (χ3v) is 12.3. The lowest BCUT2D eigenvalue weighted by molar-refractivity contribution is -0.370. The van der Waals surface area contributed by atoms with Crippen molar-refractivity contribution in [2.75, 3.05) is 11.0 Å². The van der Waals surface area contributed by atoms with Gasteiger partial charge in [-0.05, 0) is 33.4 Å². The predicted molar refractivity (Wildman–Crippen MR) is 254 cm³/mol. The van der Waals surface area contributed by atoms with Crippen LogP contribution >= 0.6 is 22.6 Å². The molecule has 6 aromatic carbocycles. The molecule has 6 aromatic rings. The van der Waals surface area contributed by atoms with Gasteiger partial charge in [-0.25, -0.2) is 0 Å². The van der Waals surface area contributed by atoms with Crippen LogP contribution in [-0.4, -0.2) is 77.6 Å². The van der Waals surface area contributed by atoms with Crippen molar-refractivity contribution in [3.63, 3.8) is 0 Å². The Labute approximate surface area is 395 Å². The highest BCUT2D eigenvalue weighted by molar-refractivity contribution is 14.1. The van der Waals surface area contributed by atoms with Crippen molar-refractivity contribution in [2.24, 2.45) is 0 Å². The smallest absolute Gasteiger partial charge is 0.187 e. The normalized spacial score (nSPS) is 25.6. The molecular weight excluding hydrogens is 935 g/mol. The van der Waals surface area contributed by atoms with Crippen LogP contribution in [0.25, 0.3) is 0 Å². The molecule has 2 heterocycles. The SMILES string of the molecule is O[C@H]1O[C@H](CI)[C@@H](O[C@H]2O[C@H](COCc3ccccc3)[C@H](OCc3ccccc3)[C@H](OCc3ccccc3)[C@H]2OCc2ccccc2)[C@H](OCc2ccccc2)[C@H]1OCc1ccccc1. The van der Waals surface area contributed by atoms with Gasteiger partial charge in [0.1, 0.15) is 42.7 Å². The quantitative estimate of drug-likeness (QED) is 0.0523. The maximum atomic E-state index is 11.6. The van der Waals surface area contributed by atoms with Crippen LogP contribution in [0.15, 0.2) is 182 Å². The fraction of sp³-hybridized carbons (Fsp3) is 0.333. The van der Waals surface area contributed by atoms with Crippen molar-refractivity contribution in [3.05, 3.63) is 215 Å². The topological polar surface area (TPSA) is 103 Å². The Morgan fingerprint density at radius 1 is 0.369 bits per heavy atom. The number of aliphatic hydroxyl groups is 1. The average molecular weight is 993 g/mol. The number of aliphatic hydroxyl groups excluding tert-OH is 1. The molecule has 0 radical (unpaired) electrons. The summed E-state index contributed by atoms with van der Waals surface area (Å²) in [5.74, 6) is 0. The van der Waals surface area contributed by atoms with Gasteiger partial charge in [0.2, 0.25) is 0 Å². The van der Waals surface area contributed by atoms with Crippen LogP contribution < -0.4 is 0 Å². The minimum absolute atomic E-state index is 0.164. The largest absolute Gasteiger partial charge is 0.374 e. The molecule has 2 aliphatic heterocycles. The van der Waals surface area contributed by atoms with Crippen molar-refractivity contribution in [1.29, 1.82) is 0 Å². The van der Waals surface area contributed by atoms with Crippen LogP contribution in [0.2, 0.25) is 0 Å². The molecule has 0 saturated carbocycles. The number of hydrogen-bond acceptors (Lipinski definition) is 10. The second kappa shape index (κ2) is 25.0. The molecule has 0 aliphatic carbocycles. The highest BCUT2D eigenvalue weighted by atomic mass is 127. The lowest BCUT2D eigenvalue weighted by Gasteiger charge is -2.49. The molecule has 10 atom stereocenters. The van der Waals surface area contributed by atoms with E-state index < -0.39 is 61.4 Å². The van der Waals surface area contributed by atoms with Gasteiger partial charge >= 0.3 is 0 Å². The Morgan fingerprint density at radius 2 is 0.708 bits per heavy atom. The summed E-state index contributed by atoms with van der Waals surface area (Å²) in [4.78, 5) is 0. The number of alkyl halides is 1. The summed E-state index contributed by atoms with van der Waals surface area (Å²) in [7, 11) is 0. The Balaban J connectivity index is 1.16. The molecule has 0 aromatic heterocycles. The molecule has 11 heteroatoms. The minimum atomic E-state index is -1.30. The van der Waals surface area contributed by atoms with E-state index in [0.29, 0.717) is 17.6 Å². The number of ether oxygens (including phenoxy) is 9. The molecule has 2 fully saturated rings. The summed E-state index contributed by atoms with van der Waals surface area (Å²) in [6.07, 6.45) is -8.36. The molecule has 0 bridgehead atoms. The maximum Gasteiger partial charge on any atom is 0.187 e. The van der Waals surface area contributed by atoms with Crippen molar-refractivity contribution in [1.82, 2.24) is 0 Å². The van der Waals surface area contributed by atoms with Crippen LogP contribution in [0.3, 0.4) is 0 Å². The molecule has 2 aliphatic rings. The molecular formula is C54H57IO10. The van der Waals surface area contributed by atoms with Crippen molar-refractivity contribution < 1.29 is 47.7 Å². The van der Waals surface area contributed by atoms with Crippen molar-refractivity contribution >= 4 is 22.6 Å². The van der Waals surface area contributed by atoms with Crippen LogP contribution in [0.4, 0.5) is 0 Å². The highest BCUT2D eigenvalue weighted by Gasteiger charge is 2.54. The number of rotatable bonds is 22. The zero-order valence-corrected chi connectivity index (χ0v) is 38.4.